The second-order valence-corrected chi connectivity index (χ2v) is 9.76. The van der Waals surface area contributed by atoms with Gasteiger partial charge in [0.1, 0.15) is 0 Å². The molecule has 0 heterocycles. The van der Waals surface area contributed by atoms with Gasteiger partial charge in [0.15, 0.2) is 0 Å². The number of aryl methyl sites for hydroxylation is 1. The van der Waals surface area contributed by atoms with Crippen LogP contribution < -0.4 is 16.4 Å². The van der Waals surface area contributed by atoms with Crippen molar-refractivity contribution in [3.05, 3.63) is 35.4 Å². The van der Waals surface area contributed by atoms with E-state index >= 15 is 0 Å². The molecule has 0 bridgehead atoms. The highest BCUT2D eigenvalue weighted by atomic mass is 16.2. The van der Waals surface area contributed by atoms with Crippen molar-refractivity contribution >= 4 is 5.91 Å². The van der Waals surface area contributed by atoms with Crippen molar-refractivity contribution in [1.29, 1.82) is 0 Å². The Bertz CT molecular complexity index is 624. The van der Waals surface area contributed by atoms with E-state index in [0.29, 0.717) is 6.54 Å². The molecule has 0 saturated carbocycles. The third-order valence-corrected chi connectivity index (χ3v) is 5.87. The van der Waals surface area contributed by atoms with Gasteiger partial charge in [-0.15, -0.1) is 0 Å². The summed E-state index contributed by atoms with van der Waals surface area (Å²) in [6, 6.07) is 8.13. The third kappa shape index (κ3) is 6.62. The number of carbonyl (C=O) groups excluding carboxylic acids is 1. The van der Waals surface area contributed by atoms with Crippen LogP contribution in [-0.2, 0) is 11.2 Å². The lowest BCUT2D eigenvalue weighted by Crippen LogP contribution is -2.58. The zero-order valence-corrected chi connectivity index (χ0v) is 18.7. The average Bonchev–Trinajstić information content (AvgIpc) is 2.56. The molecule has 0 aliphatic rings. The van der Waals surface area contributed by atoms with Crippen LogP contribution in [0, 0.1) is 17.8 Å². The van der Waals surface area contributed by atoms with E-state index in [4.69, 9.17) is 5.73 Å². The van der Waals surface area contributed by atoms with Gasteiger partial charge >= 0.3 is 0 Å². The van der Waals surface area contributed by atoms with Crippen LogP contribution in [0.3, 0.4) is 0 Å². The number of hydrogen-bond acceptors (Lipinski definition) is 3. The average molecular weight is 376 g/mol. The molecule has 0 aliphatic heterocycles. The molecule has 4 heteroatoms. The van der Waals surface area contributed by atoms with Gasteiger partial charge in [-0.1, -0.05) is 58.9 Å². The number of likely N-dealkylation sites (N-methyl/N-ethyl adjacent to an activating group) is 1. The van der Waals surface area contributed by atoms with Crippen LogP contribution in [0.25, 0.3) is 0 Å². The Morgan fingerprint density at radius 1 is 1.15 bits per heavy atom. The fourth-order valence-electron chi connectivity index (χ4n) is 4.14. The summed E-state index contributed by atoms with van der Waals surface area (Å²) in [6.45, 7) is 15.6. The van der Waals surface area contributed by atoms with Gasteiger partial charge in [0.05, 0.1) is 6.04 Å². The first-order valence-corrected chi connectivity index (χ1v) is 10.1. The molecular formula is C23H41N3O. The Morgan fingerprint density at radius 2 is 1.74 bits per heavy atom. The molecule has 0 saturated heterocycles. The number of carbonyl (C=O) groups is 1. The molecule has 0 radical (unpaired) electrons. The van der Waals surface area contributed by atoms with Gasteiger partial charge < -0.3 is 16.4 Å². The molecule has 1 aromatic rings. The number of benzene rings is 1. The summed E-state index contributed by atoms with van der Waals surface area (Å²) in [5.74, 6) is 0.0632. The van der Waals surface area contributed by atoms with E-state index in [0.717, 1.165) is 19.3 Å². The largest absolute Gasteiger partial charge is 0.349 e. The van der Waals surface area contributed by atoms with Crippen LogP contribution >= 0.6 is 0 Å². The van der Waals surface area contributed by atoms with E-state index in [-0.39, 0.29) is 28.3 Å². The maximum atomic E-state index is 13.2. The summed E-state index contributed by atoms with van der Waals surface area (Å²) >= 11 is 0. The van der Waals surface area contributed by atoms with Crippen LogP contribution in [0.2, 0.25) is 0 Å². The molecule has 27 heavy (non-hydrogen) atoms. The molecule has 4 nitrogen and oxygen atoms in total. The highest BCUT2D eigenvalue weighted by molar-refractivity contribution is 5.83. The smallest absolute Gasteiger partial charge is 0.238 e. The highest BCUT2D eigenvalue weighted by Gasteiger charge is 2.40. The van der Waals surface area contributed by atoms with Gasteiger partial charge in [-0.05, 0) is 68.7 Å². The minimum Gasteiger partial charge on any atom is -0.349 e. The minimum absolute atomic E-state index is 0.00586. The summed E-state index contributed by atoms with van der Waals surface area (Å²) in [5, 5.41) is 6.60. The molecule has 1 aromatic carbocycles. The summed E-state index contributed by atoms with van der Waals surface area (Å²) < 4.78 is 0. The Balaban J connectivity index is 2.98. The topological polar surface area (TPSA) is 67.2 Å². The van der Waals surface area contributed by atoms with Crippen LogP contribution in [0.5, 0.6) is 0 Å². The first kappa shape index (κ1) is 23.6. The maximum Gasteiger partial charge on any atom is 0.238 e. The van der Waals surface area contributed by atoms with Crippen LogP contribution in [0.15, 0.2) is 24.3 Å². The van der Waals surface area contributed by atoms with Gasteiger partial charge in [0, 0.05) is 5.54 Å². The molecule has 0 spiro atoms. The van der Waals surface area contributed by atoms with E-state index in [1.807, 2.05) is 7.05 Å². The number of rotatable bonds is 10. The van der Waals surface area contributed by atoms with E-state index in [9.17, 15) is 4.79 Å². The normalized spacial score (nSPS) is 15.9. The van der Waals surface area contributed by atoms with Gasteiger partial charge in [0.25, 0.3) is 0 Å². The number of amides is 1. The summed E-state index contributed by atoms with van der Waals surface area (Å²) in [4.78, 5) is 13.2. The van der Waals surface area contributed by atoms with Crippen molar-refractivity contribution in [2.75, 3.05) is 13.6 Å². The fraction of sp³-hybridized carbons (Fsp3) is 0.696. The molecule has 0 aliphatic carbocycles. The lowest BCUT2D eigenvalue weighted by molar-refractivity contribution is -0.128. The Morgan fingerprint density at radius 3 is 2.22 bits per heavy atom. The van der Waals surface area contributed by atoms with E-state index < -0.39 is 0 Å². The molecule has 154 valence electrons. The summed E-state index contributed by atoms with van der Waals surface area (Å²) in [5.41, 5.74) is 7.99. The zero-order chi connectivity index (χ0) is 20.9. The van der Waals surface area contributed by atoms with Crippen LogP contribution in [0.4, 0.5) is 0 Å². The van der Waals surface area contributed by atoms with Crippen molar-refractivity contribution < 1.29 is 4.79 Å². The maximum absolute atomic E-state index is 13.2. The highest BCUT2D eigenvalue weighted by Crippen LogP contribution is 2.36. The lowest BCUT2D eigenvalue weighted by atomic mass is 9.70. The third-order valence-electron chi connectivity index (χ3n) is 5.87. The number of hydrogen-bond donors (Lipinski definition) is 3. The predicted octanol–water partition coefficient (Wildman–Crippen LogP) is 3.81. The molecule has 2 atom stereocenters. The summed E-state index contributed by atoms with van der Waals surface area (Å²) in [7, 11) is 1.87. The quantitative estimate of drug-likeness (QED) is 0.582. The van der Waals surface area contributed by atoms with Crippen molar-refractivity contribution in [3.8, 4) is 0 Å². The van der Waals surface area contributed by atoms with Gasteiger partial charge in [-0.25, -0.2) is 0 Å². The first-order valence-electron chi connectivity index (χ1n) is 10.1. The molecule has 1 amide bonds. The standard InChI is InChI=1S/C23H41N3O/c1-9-23(7,14-18-13-11-10-12-17(18)2)26-20(27)19(25-8)22(5,6)15-21(3,4)16-24/h10-13,19,25H,9,14-16,24H2,1-8H3,(H,26,27)/t19-,23+/m1/s1. The lowest BCUT2D eigenvalue weighted by Gasteiger charge is -2.41. The Labute approximate surface area is 166 Å². The number of nitrogens with two attached hydrogens (primary N) is 1. The van der Waals surface area contributed by atoms with Crippen molar-refractivity contribution in [1.82, 2.24) is 10.6 Å². The molecule has 4 N–H and O–H groups in total. The predicted molar refractivity (Wildman–Crippen MR) is 116 cm³/mol. The summed E-state index contributed by atoms with van der Waals surface area (Å²) in [6.07, 6.45) is 2.57. The Hall–Kier alpha value is -1.39. The zero-order valence-electron chi connectivity index (χ0n) is 18.7. The Kier molecular flexibility index (Phi) is 8.06. The molecule has 0 fully saturated rings. The second kappa shape index (κ2) is 9.20. The first-order chi connectivity index (χ1) is 12.4. The van der Waals surface area contributed by atoms with Gasteiger partial charge in [-0.2, -0.15) is 0 Å². The van der Waals surface area contributed by atoms with Crippen molar-refractivity contribution in [2.24, 2.45) is 16.6 Å². The van der Waals surface area contributed by atoms with Gasteiger partial charge in [0.2, 0.25) is 5.91 Å². The monoisotopic (exact) mass is 375 g/mol. The SMILES string of the molecule is CC[C@@](C)(Cc1ccccc1C)NC(=O)[C@@H](NC)C(C)(C)CC(C)(C)CN. The van der Waals surface area contributed by atoms with Crippen molar-refractivity contribution in [3.63, 3.8) is 0 Å². The molecule has 1 rings (SSSR count). The second-order valence-electron chi connectivity index (χ2n) is 9.76. The molecule has 0 unspecified atom stereocenters. The van der Waals surface area contributed by atoms with Crippen LogP contribution in [0.1, 0.15) is 65.5 Å². The van der Waals surface area contributed by atoms with Gasteiger partial charge in [-0.3, -0.25) is 4.79 Å². The number of nitrogens with one attached hydrogen (secondary N) is 2. The van der Waals surface area contributed by atoms with E-state index in [2.05, 4.69) is 83.4 Å². The van der Waals surface area contributed by atoms with E-state index in [1.54, 1.807) is 0 Å². The minimum atomic E-state index is -0.280. The van der Waals surface area contributed by atoms with E-state index in [1.165, 1.54) is 11.1 Å². The molecule has 0 aromatic heterocycles. The fourth-order valence-corrected chi connectivity index (χ4v) is 4.14. The van der Waals surface area contributed by atoms with Crippen molar-refractivity contribution in [2.45, 2.75) is 79.3 Å². The van der Waals surface area contributed by atoms with Crippen LogP contribution in [-0.4, -0.2) is 31.1 Å². The molecular weight excluding hydrogens is 334 g/mol.